The third-order valence-electron chi connectivity index (χ3n) is 13.9. The summed E-state index contributed by atoms with van der Waals surface area (Å²) < 4.78 is 24.5. The lowest BCUT2D eigenvalue weighted by Crippen LogP contribution is -2.50. The van der Waals surface area contributed by atoms with E-state index in [1.54, 1.807) is 0 Å². The Balaban J connectivity index is 1.28. The molecule has 0 radical (unpaired) electrons. The van der Waals surface area contributed by atoms with Crippen LogP contribution in [0.1, 0.15) is 88.2 Å². The molecule has 8 aliphatic rings. The molecule has 0 saturated heterocycles. The van der Waals surface area contributed by atoms with Gasteiger partial charge in [0.15, 0.2) is 0 Å². The van der Waals surface area contributed by atoms with Crippen molar-refractivity contribution in [3.05, 3.63) is 85.2 Å². The number of benzene rings is 4. The summed E-state index contributed by atoms with van der Waals surface area (Å²) >= 11 is 10.9. The molecule has 9 heteroatoms. The Bertz CT molecular complexity index is 1940. The summed E-state index contributed by atoms with van der Waals surface area (Å²) in [6.07, 6.45) is 14.8. The summed E-state index contributed by atoms with van der Waals surface area (Å²) in [5, 5.41) is 0. The molecule has 4 aromatic rings. The second kappa shape index (κ2) is 12.8. The van der Waals surface area contributed by atoms with Crippen molar-refractivity contribution in [2.45, 2.75) is 87.9 Å². The Morgan fingerprint density at radius 1 is 0.415 bits per heavy atom. The zero-order valence-corrected chi connectivity index (χ0v) is 34.6. The molecule has 0 atom stereocenters. The minimum atomic E-state index is -0.0973. The van der Waals surface area contributed by atoms with Crippen molar-refractivity contribution in [2.24, 2.45) is 35.5 Å². The maximum atomic E-state index is 7.48. The van der Waals surface area contributed by atoms with Crippen LogP contribution in [0.25, 0.3) is 0 Å². The van der Waals surface area contributed by atoms with Crippen LogP contribution in [0.3, 0.4) is 0 Å². The molecule has 0 spiro atoms. The van der Waals surface area contributed by atoms with Gasteiger partial charge in [-0.25, -0.2) is 0 Å². The van der Waals surface area contributed by atoms with Crippen molar-refractivity contribution < 1.29 is 14.2 Å². The van der Waals surface area contributed by atoms with E-state index in [0.717, 1.165) is 69.2 Å². The predicted molar refractivity (Wildman–Crippen MR) is 222 cm³/mol. The summed E-state index contributed by atoms with van der Waals surface area (Å²) in [4.78, 5) is 0. The van der Waals surface area contributed by atoms with E-state index in [4.69, 9.17) is 31.4 Å². The fourth-order valence-corrected chi connectivity index (χ4v) is 14.0. The predicted octanol–water partition coefficient (Wildman–Crippen LogP) is 13.0. The molecule has 0 heterocycles. The number of nitrogens with two attached hydrogens (primary N) is 3. The Kier molecular flexibility index (Phi) is 8.38. The standard InChI is InChI=1S/C44H46Br3N3O3/c45-29-1-4-35(32(48)13-29)51-38-16-39(52-36-5-2-30(46)14-33(36)49)41(44-20-26-10-27(21-44)12-28(11-26)22-44)42(53-37-6-3-31(47)15-34(37)50)40(38)43-17-23-7-24(18-43)9-25(8-23)19-43/h1-6,13-16,23-28H,7-12,17-22,48-50H2. The van der Waals surface area contributed by atoms with Gasteiger partial charge in [-0.1, -0.05) is 47.8 Å². The zero-order chi connectivity index (χ0) is 36.2. The lowest BCUT2D eigenvalue weighted by molar-refractivity contribution is -0.0110. The Morgan fingerprint density at radius 3 is 1.02 bits per heavy atom. The van der Waals surface area contributed by atoms with Gasteiger partial charge in [-0.2, -0.15) is 0 Å². The molecule has 12 rings (SSSR count). The largest absolute Gasteiger partial charge is 0.455 e. The lowest BCUT2D eigenvalue weighted by atomic mass is 9.46. The SMILES string of the molecule is Nc1cc(Br)ccc1Oc1cc(Oc2ccc(Br)cc2N)c(C23CC4CC(CC(C4)C2)C3)c(Oc2ccc(Br)cc2N)c1C12CC3CC(CC(C3)C1)C2. The monoisotopic (exact) mass is 901 g/mol. The van der Waals surface area contributed by atoms with E-state index in [1.807, 2.05) is 54.6 Å². The summed E-state index contributed by atoms with van der Waals surface area (Å²) in [6.45, 7) is 0. The maximum Gasteiger partial charge on any atom is 0.150 e. The van der Waals surface area contributed by atoms with Gasteiger partial charge in [0, 0.05) is 41.4 Å². The molecule has 276 valence electrons. The average Bonchev–Trinajstić information content (AvgIpc) is 3.07. The van der Waals surface area contributed by atoms with Gasteiger partial charge in [0.2, 0.25) is 0 Å². The van der Waals surface area contributed by atoms with Gasteiger partial charge >= 0.3 is 0 Å². The molecule has 8 saturated carbocycles. The molecule has 0 aromatic heterocycles. The first-order chi connectivity index (χ1) is 25.5. The quantitative estimate of drug-likeness (QED) is 0.152. The van der Waals surface area contributed by atoms with E-state index < -0.39 is 0 Å². The minimum absolute atomic E-state index is 0.0973. The zero-order valence-electron chi connectivity index (χ0n) is 29.8. The van der Waals surface area contributed by atoms with E-state index in [2.05, 4.69) is 53.9 Å². The van der Waals surface area contributed by atoms with Crippen molar-refractivity contribution in [1.29, 1.82) is 0 Å². The van der Waals surface area contributed by atoms with Crippen LogP contribution in [0.15, 0.2) is 74.1 Å². The van der Waals surface area contributed by atoms with Crippen LogP contribution in [0, 0.1) is 35.5 Å². The number of ether oxygens (including phenoxy) is 3. The lowest BCUT2D eigenvalue weighted by Gasteiger charge is -2.59. The van der Waals surface area contributed by atoms with Crippen molar-refractivity contribution in [3.8, 4) is 34.5 Å². The van der Waals surface area contributed by atoms with E-state index in [-0.39, 0.29) is 10.8 Å². The molecule has 4 aromatic carbocycles. The Morgan fingerprint density at radius 2 is 0.717 bits per heavy atom. The molecular formula is C44H46Br3N3O3. The molecule has 0 unspecified atom stereocenters. The molecule has 6 N–H and O–H groups in total. The first kappa shape index (κ1) is 34.6. The van der Waals surface area contributed by atoms with Crippen LogP contribution >= 0.6 is 47.8 Å². The fraction of sp³-hybridized carbons (Fsp3) is 0.455. The van der Waals surface area contributed by atoms with Gasteiger partial charge in [-0.3, -0.25) is 0 Å². The smallest absolute Gasteiger partial charge is 0.150 e. The molecule has 6 nitrogen and oxygen atoms in total. The Hall–Kier alpha value is -2.88. The van der Waals surface area contributed by atoms with Crippen LogP contribution in [-0.2, 0) is 10.8 Å². The van der Waals surface area contributed by atoms with E-state index in [1.165, 1.54) is 49.7 Å². The number of hydrogen-bond acceptors (Lipinski definition) is 6. The molecule has 53 heavy (non-hydrogen) atoms. The van der Waals surface area contributed by atoms with Crippen molar-refractivity contribution in [1.82, 2.24) is 0 Å². The third kappa shape index (κ3) is 6.06. The highest BCUT2D eigenvalue weighted by atomic mass is 79.9. The van der Waals surface area contributed by atoms with Crippen LogP contribution < -0.4 is 31.4 Å². The molecule has 0 aliphatic heterocycles. The summed E-state index contributed by atoms with van der Waals surface area (Å²) in [7, 11) is 0. The number of hydrogen-bond donors (Lipinski definition) is 3. The average molecular weight is 905 g/mol. The maximum absolute atomic E-state index is 7.48. The molecule has 8 fully saturated rings. The molecule has 8 bridgehead atoms. The normalized spacial score (nSPS) is 31.9. The van der Waals surface area contributed by atoms with E-state index in [9.17, 15) is 0 Å². The number of rotatable bonds is 8. The second-order valence-corrected chi connectivity index (χ2v) is 20.4. The van der Waals surface area contributed by atoms with Gasteiger partial charge in [0.1, 0.15) is 34.5 Å². The van der Waals surface area contributed by atoms with Crippen molar-refractivity contribution >= 4 is 64.9 Å². The fourth-order valence-electron chi connectivity index (χ4n) is 12.9. The first-order valence-electron chi connectivity index (χ1n) is 19.4. The van der Waals surface area contributed by atoms with Crippen LogP contribution in [0.4, 0.5) is 17.1 Å². The number of anilines is 3. The summed E-state index contributed by atoms with van der Waals surface area (Å²) in [5.41, 5.74) is 24.1. The molecule has 0 amide bonds. The van der Waals surface area contributed by atoms with Crippen molar-refractivity contribution in [3.63, 3.8) is 0 Å². The number of nitrogen functional groups attached to an aromatic ring is 3. The van der Waals surface area contributed by atoms with Crippen molar-refractivity contribution in [2.75, 3.05) is 17.2 Å². The minimum Gasteiger partial charge on any atom is -0.455 e. The molecule has 8 aliphatic carbocycles. The highest BCUT2D eigenvalue weighted by Crippen LogP contribution is 2.69. The van der Waals surface area contributed by atoms with Gasteiger partial charge in [0.25, 0.3) is 0 Å². The summed E-state index contributed by atoms with van der Waals surface area (Å²) in [6, 6.07) is 19.8. The van der Waals surface area contributed by atoms with Crippen LogP contribution in [0.5, 0.6) is 34.5 Å². The highest BCUT2D eigenvalue weighted by Gasteiger charge is 2.58. The Labute approximate surface area is 337 Å². The van der Waals surface area contributed by atoms with Gasteiger partial charge in [-0.15, -0.1) is 0 Å². The van der Waals surface area contributed by atoms with Crippen LogP contribution in [0.2, 0.25) is 0 Å². The van der Waals surface area contributed by atoms with E-state index >= 15 is 0 Å². The van der Waals surface area contributed by atoms with Gasteiger partial charge < -0.3 is 31.4 Å². The van der Waals surface area contributed by atoms with Crippen LogP contribution in [-0.4, -0.2) is 0 Å². The second-order valence-electron chi connectivity index (χ2n) is 17.7. The van der Waals surface area contributed by atoms with Gasteiger partial charge in [0.05, 0.1) is 17.1 Å². The summed E-state index contributed by atoms with van der Waals surface area (Å²) in [5.74, 6) is 8.53. The van der Waals surface area contributed by atoms with E-state index in [0.29, 0.717) is 69.8 Å². The van der Waals surface area contributed by atoms with Gasteiger partial charge in [-0.05, 0) is 167 Å². The topological polar surface area (TPSA) is 106 Å². The molecular weight excluding hydrogens is 858 g/mol. The third-order valence-corrected chi connectivity index (χ3v) is 15.4. The highest BCUT2D eigenvalue weighted by molar-refractivity contribution is 9.11. The first-order valence-corrected chi connectivity index (χ1v) is 21.8. The number of halogens is 3.